The van der Waals surface area contributed by atoms with E-state index in [2.05, 4.69) is 0 Å². The molecule has 0 amide bonds. The highest BCUT2D eigenvalue weighted by molar-refractivity contribution is 8.13. The molecule has 1 rings (SSSR count). The SMILES string of the molecule is O=C(O)c1c(F)cc(S(=O)(=O)Cl)cc1F. The smallest absolute Gasteiger partial charge is 0.341 e. The van der Waals surface area contributed by atoms with Gasteiger partial charge < -0.3 is 5.11 Å². The van der Waals surface area contributed by atoms with Crippen LogP contribution >= 0.6 is 10.7 Å². The number of rotatable bonds is 2. The maximum atomic E-state index is 12.9. The lowest BCUT2D eigenvalue weighted by Crippen LogP contribution is -2.06. The molecule has 0 aliphatic rings. The first kappa shape index (κ1) is 11.9. The lowest BCUT2D eigenvalue weighted by Gasteiger charge is -2.01. The molecule has 0 saturated carbocycles. The summed E-state index contributed by atoms with van der Waals surface area (Å²) in [6, 6.07) is 0.684. The molecular formula is C7H3ClF2O4S. The normalized spacial score (nSPS) is 11.4. The summed E-state index contributed by atoms with van der Waals surface area (Å²) >= 11 is 0. The van der Waals surface area contributed by atoms with Gasteiger partial charge in [0.05, 0.1) is 4.90 Å². The van der Waals surface area contributed by atoms with Crippen LogP contribution in [0.1, 0.15) is 10.4 Å². The van der Waals surface area contributed by atoms with Gasteiger partial charge in [0.2, 0.25) is 0 Å². The van der Waals surface area contributed by atoms with Crippen molar-refractivity contribution in [2.45, 2.75) is 4.90 Å². The number of carbonyl (C=O) groups is 1. The Morgan fingerprint density at radius 1 is 1.27 bits per heavy atom. The van der Waals surface area contributed by atoms with Crippen LogP contribution in [-0.2, 0) is 9.05 Å². The summed E-state index contributed by atoms with van der Waals surface area (Å²) in [6.45, 7) is 0. The Bertz CT molecular complexity index is 503. The topological polar surface area (TPSA) is 71.4 Å². The van der Waals surface area contributed by atoms with Gasteiger partial charge in [-0.2, -0.15) is 0 Å². The van der Waals surface area contributed by atoms with Crippen molar-refractivity contribution in [2.24, 2.45) is 0 Å². The molecule has 0 fully saturated rings. The summed E-state index contributed by atoms with van der Waals surface area (Å²) in [7, 11) is 0.535. The maximum Gasteiger partial charge on any atom is 0.341 e. The fourth-order valence-corrected chi connectivity index (χ4v) is 1.65. The van der Waals surface area contributed by atoms with E-state index in [0.29, 0.717) is 12.1 Å². The highest BCUT2D eigenvalue weighted by Crippen LogP contribution is 2.21. The number of halogens is 3. The summed E-state index contributed by atoms with van der Waals surface area (Å²) in [5.41, 5.74) is -1.22. The van der Waals surface area contributed by atoms with Gasteiger partial charge in [-0.3, -0.25) is 0 Å². The summed E-state index contributed by atoms with van der Waals surface area (Å²) < 4.78 is 47.3. The molecule has 1 aromatic carbocycles. The predicted molar refractivity (Wildman–Crippen MR) is 46.4 cm³/mol. The van der Waals surface area contributed by atoms with Crippen LogP contribution in [0.5, 0.6) is 0 Å². The lowest BCUT2D eigenvalue weighted by atomic mass is 10.2. The zero-order valence-electron chi connectivity index (χ0n) is 6.87. The molecule has 0 aliphatic carbocycles. The number of aromatic carboxylic acids is 1. The Hall–Kier alpha value is -1.21. The number of carboxylic acids is 1. The van der Waals surface area contributed by atoms with Gasteiger partial charge in [0, 0.05) is 10.7 Å². The zero-order valence-corrected chi connectivity index (χ0v) is 8.44. The van der Waals surface area contributed by atoms with Gasteiger partial charge in [-0.05, 0) is 12.1 Å². The first-order chi connectivity index (χ1) is 6.73. The summed E-state index contributed by atoms with van der Waals surface area (Å²) in [4.78, 5) is 9.51. The van der Waals surface area contributed by atoms with Crippen LogP contribution in [0.15, 0.2) is 17.0 Å². The molecular weight excluding hydrogens is 254 g/mol. The number of hydrogen-bond acceptors (Lipinski definition) is 3. The van der Waals surface area contributed by atoms with Gasteiger partial charge >= 0.3 is 5.97 Å². The molecule has 0 heterocycles. The van der Waals surface area contributed by atoms with Gasteiger partial charge in [0.25, 0.3) is 9.05 Å². The summed E-state index contributed by atoms with van der Waals surface area (Å²) in [6.07, 6.45) is 0. The molecule has 0 spiro atoms. The van der Waals surface area contributed by atoms with Crippen LogP contribution in [0.3, 0.4) is 0 Å². The highest BCUT2D eigenvalue weighted by Gasteiger charge is 2.21. The molecule has 4 nitrogen and oxygen atoms in total. The Kier molecular flexibility index (Phi) is 2.96. The Labute approximate surface area is 87.5 Å². The second kappa shape index (κ2) is 3.74. The minimum atomic E-state index is -4.29. The quantitative estimate of drug-likeness (QED) is 0.816. The van der Waals surface area contributed by atoms with Crippen LogP contribution < -0.4 is 0 Å². The van der Waals surface area contributed by atoms with Crippen LogP contribution in [0.2, 0.25) is 0 Å². The third kappa shape index (κ3) is 2.42. The number of hydrogen-bond donors (Lipinski definition) is 1. The zero-order chi connectivity index (χ0) is 11.8. The second-order valence-electron chi connectivity index (χ2n) is 2.50. The Morgan fingerprint density at radius 2 is 1.67 bits per heavy atom. The van der Waals surface area contributed by atoms with E-state index < -0.39 is 37.1 Å². The summed E-state index contributed by atoms with van der Waals surface area (Å²) in [5.74, 6) is -4.83. The lowest BCUT2D eigenvalue weighted by molar-refractivity contribution is 0.0686. The van der Waals surface area contributed by atoms with Crippen molar-refractivity contribution in [1.29, 1.82) is 0 Å². The van der Waals surface area contributed by atoms with E-state index in [9.17, 15) is 22.0 Å². The first-order valence-corrected chi connectivity index (χ1v) is 5.71. The molecule has 0 saturated heterocycles. The monoisotopic (exact) mass is 256 g/mol. The fraction of sp³-hybridized carbons (Fsp3) is 0. The van der Waals surface area contributed by atoms with Crippen molar-refractivity contribution in [1.82, 2.24) is 0 Å². The van der Waals surface area contributed by atoms with Crippen LogP contribution in [0.4, 0.5) is 8.78 Å². The van der Waals surface area contributed by atoms with Gasteiger partial charge in [-0.25, -0.2) is 22.0 Å². The van der Waals surface area contributed by atoms with E-state index in [0.717, 1.165) is 0 Å². The molecule has 8 heteroatoms. The van der Waals surface area contributed by atoms with E-state index in [-0.39, 0.29) is 0 Å². The second-order valence-corrected chi connectivity index (χ2v) is 5.07. The van der Waals surface area contributed by atoms with E-state index >= 15 is 0 Å². The van der Waals surface area contributed by atoms with Crippen molar-refractivity contribution in [3.05, 3.63) is 29.3 Å². The average Bonchev–Trinajstić information content (AvgIpc) is 1.99. The van der Waals surface area contributed by atoms with Crippen molar-refractivity contribution in [3.63, 3.8) is 0 Å². The molecule has 0 unspecified atom stereocenters. The van der Waals surface area contributed by atoms with E-state index in [4.69, 9.17) is 15.8 Å². The minimum absolute atomic E-state index is 0.342. The molecule has 82 valence electrons. The van der Waals surface area contributed by atoms with Crippen LogP contribution in [0, 0.1) is 11.6 Å². The van der Waals surface area contributed by atoms with Gasteiger partial charge in [-0.15, -0.1) is 0 Å². The largest absolute Gasteiger partial charge is 0.477 e. The Balaban J connectivity index is 3.52. The summed E-state index contributed by atoms with van der Waals surface area (Å²) in [5, 5.41) is 8.38. The minimum Gasteiger partial charge on any atom is -0.477 e. The number of carboxylic acid groups (broad SMARTS) is 1. The molecule has 0 bridgehead atoms. The van der Waals surface area contributed by atoms with Gasteiger partial charge in [-0.1, -0.05) is 0 Å². The molecule has 0 aromatic heterocycles. The third-order valence-corrected chi connectivity index (χ3v) is 2.84. The van der Waals surface area contributed by atoms with Crippen molar-refractivity contribution in [2.75, 3.05) is 0 Å². The highest BCUT2D eigenvalue weighted by atomic mass is 35.7. The standard InChI is InChI=1S/C7H3ClF2O4S/c8-15(13,14)3-1-4(9)6(7(11)12)5(10)2-3/h1-2H,(H,11,12). The fourth-order valence-electron chi connectivity index (χ4n) is 0.895. The van der Waals surface area contributed by atoms with Crippen LogP contribution in [0.25, 0.3) is 0 Å². The Morgan fingerprint density at radius 3 is 1.93 bits per heavy atom. The molecule has 0 radical (unpaired) electrons. The van der Waals surface area contributed by atoms with E-state index in [1.54, 1.807) is 0 Å². The van der Waals surface area contributed by atoms with Crippen molar-refractivity contribution >= 4 is 25.7 Å². The van der Waals surface area contributed by atoms with E-state index in [1.165, 1.54) is 0 Å². The maximum absolute atomic E-state index is 12.9. The van der Waals surface area contributed by atoms with Gasteiger partial charge in [0.1, 0.15) is 17.2 Å². The van der Waals surface area contributed by atoms with Crippen molar-refractivity contribution < 1.29 is 27.1 Å². The van der Waals surface area contributed by atoms with Gasteiger partial charge in [0.15, 0.2) is 0 Å². The third-order valence-electron chi connectivity index (χ3n) is 1.51. The molecule has 1 N–H and O–H groups in total. The molecule has 15 heavy (non-hydrogen) atoms. The first-order valence-electron chi connectivity index (χ1n) is 3.40. The molecule has 0 aliphatic heterocycles. The molecule has 0 atom stereocenters. The van der Waals surface area contributed by atoms with Crippen molar-refractivity contribution in [3.8, 4) is 0 Å². The molecule has 1 aromatic rings. The van der Waals surface area contributed by atoms with E-state index in [1.807, 2.05) is 0 Å². The number of benzene rings is 1. The average molecular weight is 257 g/mol. The van der Waals surface area contributed by atoms with Crippen LogP contribution in [-0.4, -0.2) is 19.5 Å². The predicted octanol–water partition coefficient (Wildman–Crippen LogP) is 1.59.